The SMILES string of the molecule is O=C(NCCc1nnc(-c2ccccc2Cl)o1)c1ccccc1F. The van der Waals surface area contributed by atoms with Gasteiger partial charge in [0.2, 0.25) is 11.8 Å². The Labute approximate surface area is 142 Å². The zero-order valence-electron chi connectivity index (χ0n) is 12.5. The van der Waals surface area contributed by atoms with Crippen molar-refractivity contribution in [2.24, 2.45) is 0 Å². The molecule has 0 bridgehead atoms. The summed E-state index contributed by atoms with van der Waals surface area (Å²) in [4.78, 5) is 11.9. The first kappa shape index (κ1) is 16.1. The first-order chi connectivity index (χ1) is 11.6. The van der Waals surface area contributed by atoms with E-state index in [9.17, 15) is 9.18 Å². The molecule has 3 rings (SSSR count). The zero-order valence-corrected chi connectivity index (χ0v) is 13.3. The molecule has 1 aromatic heterocycles. The van der Waals surface area contributed by atoms with E-state index in [1.807, 2.05) is 6.07 Å². The molecule has 3 aromatic rings. The number of amides is 1. The molecule has 0 aliphatic carbocycles. The maximum atomic E-state index is 13.5. The Hall–Kier alpha value is -2.73. The summed E-state index contributed by atoms with van der Waals surface area (Å²) in [5, 5.41) is 11.0. The molecule has 0 fully saturated rings. The van der Waals surface area contributed by atoms with E-state index < -0.39 is 11.7 Å². The maximum absolute atomic E-state index is 13.5. The molecule has 2 aromatic carbocycles. The van der Waals surface area contributed by atoms with E-state index in [4.69, 9.17) is 16.0 Å². The summed E-state index contributed by atoms with van der Waals surface area (Å²) < 4.78 is 19.0. The number of hydrogen-bond donors (Lipinski definition) is 1. The van der Waals surface area contributed by atoms with Crippen molar-refractivity contribution in [3.05, 3.63) is 70.8 Å². The molecular weight excluding hydrogens is 333 g/mol. The van der Waals surface area contributed by atoms with Crippen LogP contribution in [0.1, 0.15) is 16.2 Å². The molecule has 1 amide bonds. The number of hydrogen-bond acceptors (Lipinski definition) is 4. The molecule has 0 atom stereocenters. The van der Waals surface area contributed by atoms with Gasteiger partial charge < -0.3 is 9.73 Å². The highest BCUT2D eigenvalue weighted by Crippen LogP contribution is 2.26. The van der Waals surface area contributed by atoms with E-state index in [1.54, 1.807) is 24.3 Å². The number of aromatic nitrogens is 2. The highest BCUT2D eigenvalue weighted by Gasteiger charge is 2.13. The Kier molecular flexibility index (Phi) is 4.86. The van der Waals surface area contributed by atoms with Crippen LogP contribution >= 0.6 is 11.6 Å². The minimum atomic E-state index is -0.561. The van der Waals surface area contributed by atoms with Crippen LogP contribution < -0.4 is 5.32 Å². The molecule has 24 heavy (non-hydrogen) atoms. The van der Waals surface area contributed by atoms with Gasteiger partial charge in [-0.2, -0.15) is 0 Å². The van der Waals surface area contributed by atoms with E-state index in [0.29, 0.717) is 28.8 Å². The van der Waals surface area contributed by atoms with Gasteiger partial charge in [-0.05, 0) is 24.3 Å². The third kappa shape index (κ3) is 3.60. The smallest absolute Gasteiger partial charge is 0.254 e. The van der Waals surface area contributed by atoms with Gasteiger partial charge in [0.1, 0.15) is 5.82 Å². The highest BCUT2D eigenvalue weighted by atomic mass is 35.5. The first-order valence-corrected chi connectivity index (χ1v) is 7.63. The fraction of sp³-hybridized carbons (Fsp3) is 0.118. The van der Waals surface area contributed by atoms with Crippen LogP contribution in [-0.4, -0.2) is 22.6 Å². The molecular formula is C17H13ClFN3O2. The van der Waals surface area contributed by atoms with Crippen molar-refractivity contribution in [1.82, 2.24) is 15.5 Å². The second-order valence-corrected chi connectivity index (χ2v) is 5.37. The Morgan fingerprint density at radius 3 is 2.67 bits per heavy atom. The number of nitrogens with zero attached hydrogens (tertiary/aromatic N) is 2. The van der Waals surface area contributed by atoms with Gasteiger partial charge in [0.25, 0.3) is 5.91 Å². The van der Waals surface area contributed by atoms with Crippen molar-refractivity contribution in [2.45, 2.75) is 6.42 Å². The third-order valence-corrected chi connectivity index (χ3v) is 3.64. The molecule has 0 saturated heterocycles. The Morgan fingerprint density at radius 1 is 1.12 bits per heavy atom. The minimum Gasteiger partial charge on any atom is -0.421 e. The second kappa shape index (κ2) is 7.23. The largest absolute Gasteiger partial charge is 0.421 e. The van der Waals surface area contributed by atoms with E-state index in [2.05, 4.69) is 15.5 Å². The van der Waals surface area contributed by atoms with E-state index in [-0.39, 0.29) is 12.1 Å². The van der Waals surface area contributed by atoms with Gasteiger partial charge in [-0.3, -0.25) is 4.79 Å². The van der Waals surface area contributed by atoms with Gasteiger partial charge in [0.15, 0.2) is 0 Å². The normalized spacial score (nSPS) is 10.6. The van der Waals surface area contributed by atoms with Crippen LogP contribution in [0.2, 0.25) is 5.02 Å². The van der Waals surface area contributed by atoms with Crippen molar-refractivity contribution >= 4 is 17.5 Å². The molecule has 7 heteroatoms. The average molecular weight is 346 g/mol. The summed E-state index contributed by atoms with van der Waals surface area (Å²) in [6, 6.07) is 12.9. The number of carbonyl (C=O) groups is 1. The van der Waals surface area contributed by atoms with Gasteiger partial charge in [-0.25, -0.2) is 4.39 Å². The number of benzene rings is 2. The summed E-state index contributed by atoms with van der Waals surface area (Å²) in [5.41, 5.74) is 0.646. The number of carbonyl (C=O) groups excluding carboxylic acids is 1. The van der Waals surface area contributed by atoms with E-state index in [0.717, 1.165) is 0 Å². The van der Waals surface area contributed by atoms with Crippen molar-refractivity contribution in [1.29, 1.82) is 0 Å². The van der Waals surface area contributed by atoms with Crippen LogP contribution in [0.15, 0.2) is 52.9 Å². The van der Waals surface area contributed by atoms with Crippen LogP contribution in [0, 0.1) is 5.82 Å². The van der Waals surface area contributed by atoms with E-state index >= 15 is 0 Å². The first-order valence-electron chi connectivity index (χ1n) is 7.25. The second-order valence-electron chi connectivity index (χ2n) is 4.97. The highest BCUT2D eigenvalue weighted by molar-refractivity contribution is 6.33. The Morgan fingerprint density at radius 2 is 1.88 bits per heavy atom. The number of halogens is 2. The minimum absolute atomic E-state index is 0.000199. The van der Waals surface area contributed by atoms with Crippen molar-refractivity contribution in [2.75, 3.05) is 6.54 Å². The van der Waals surface area contributed by atoms with Crippen LogP contribution in [0.25, 0.3) is 11.5 Å². The lowest BCUT2D eigenvalue weighted by atomic mass is 10.2. The molecule has 0 aliphatic heterocycles. The maximum Gasteiger partial charge on any atom is 0.254 e. The van der Waals surface area contributed by atoms with Crippen LogP contribution in [0.5, 0.6) is 0 Å². The summed E-state index contributed by atoms with van der Waals surface area (Å²) in [6.45, 7) is 0.247. The Bertz CT molecular complexity index is 866. The lowest BCUT2D eigenvalue weighted by Gasteiger charge is -2.04. The van der Waals surface area contributed by atoms with Crippen LogP contribution in [-0.2, 0) is 6.42 Å². The fourth-order valence-electron chi connectivity index (χ4n) is 2.12. The average Bonchev–Trinajstić information content (AvgIpc) is 3.04. The molecule has 122 valence electrons. The molecule has 0 spiro atoms. The Balaban J connectivity index is 1.59. The summed E-state index contributed by atoms with van der Waals surface area (Å²) in [6.07, 6.45) is 0.331. The van der Waals surface area contributed by atoms with Gasteiger partial charge in [-0.1, -0.05) is 35.9 Å². The zero-order chi connectivity index (χ0) is 16.9. The summed E-state index contributed by atoms with van der Waals surface area (Å²) >= 11 is 6.08. The molecule has 5 nitrogen and oxygen atoms in total. The van der Waals surface area contributed by atoms with Crippen molar-refractivity contribution in [3.63, 3.8) is 0 Å². The number of nitrogens with one attached hydrogen (secondary N) is 1. The third-order valence-electron chi connectivity index (χ3n) is 3.31. The predicted octanol–water partition coefficient (Wildman–Crippen LogP) is 3.50. The van der Waals surface area contributed by atoms with Gasteiger partial charge in [0.05, 0.1) is 16.1 Å². The van der Waals surface area contributed by atoms with Gasteiger partial charge in [0, 0.05) is 13.0 Å². The van der Waals surface area contributed by atoms with Crippen molar-refractivity contribution in [3.8, 4) is 11.5 Å². The van der Waals surface area contributed by atoms with E-state index in [1.165, 1.54) is 18.2 Å². The standard InChI is InChI=1S/C17H13ClFN3O2/c18-13-7-3-1-5-11(13)17-22-21-15(24-17)9-10-20-16(23)12-6-2-4-8-14(12)19/h1-8H,9-10H2,(H,20,23). The molecule has 0 aliphatic rings. The molecule has 1 heterocycles. The molecule has 1 N–H and O–H groups in total. The fourth-order valence-corrected chi connectivity index (χ4v) is 2.34. The lowest BCUT2D eigenvalue weighted by Crippen LogP contribution is -2.26. The van der Waals surface area contributed by atoms with Gasteiger partial charge >= 0.3 is 0 Å². The van der Waals surface area contributed by atoms with Crippen LogP contribution in [0.4, 0.5) is 4.39 Å². The van der Waals surface area contributed by atoms with Crippen molar-refractivity contribution < 1.29 is 13.6 Å². The summed E-state index contributed by atoms with van der Waals surface area (Å²) in [7, 11) is 0. The summed E-state index contributed by atoms with van der Waals surface area (Å²) in [5.74, 6) is -0.373. The molecule has 0 radical (unpaired) electrons. The van der Waals surface area contributed by atoms with Gasteiger partial charge in [-0.15, -0.1) is 10.2 Å². The quantitative estimate of drug-likeness (QED) is 0.768. The topological polar surface area (TPSA) is 68.0 Å². The molecule has 0 unspecified atom stereocenters. The number of rotatable bonds is 5. The molecule has 0 saturated carbocycles. The lowest BCUT2D eigenvalue weighted by molar-refractivity contribution is 0.0949. The monoisotopic (exact) mass is 345 g/mol. The predicted molar refractivity (Wildman–Crippen MR) is 87.2 cm³/mol. The van der Waals surface area contributed by atoms with Crippen LogP contribution in [0.3, 0.4) is 0 Å².